The summed E-state index contributed by atoms with van der Waals surface area (Å²) in [6.07, 6.45) is 0.471. The van der Waals surface area contributed by atoms with Gasteiger partial charge in [-0.2, -0.15) is 4.31 Å². The van der Waals surface area contributed by atoms with Crippen LogP contribution in [0.25, 0.3) is 10.9 Å². The lowest BCUT2D eigenvalue weighted by Gasteiger charge is -2.24. The van der Waals surface area contributed by atoms with Crippen molar-refractivity contribution in [3.63, 3.8) is 0 Å². The van der Waals surface area contributed by atoms with Crippen LogP contribution in [0.15, 0.2) is 77.7 Å². The summed E-state index contributed by atoms with van der Waals surface area (Å²) >= 11 is 6.54. The summed E-state index contributed by atoms with van der Waals surface area (Å²) in [6.45, 7) is 6.62. The predicted molar refractivity (Wildman–Crippen MR) is 153 cm³/mol. The molecule has 200 valence electrons. The summed E-state index contributed by atoms with van der Waals surface area (Å²) in [6, 6.07) is 22.3. The second-order valence-corrected chi connectivity index (χ2v) is 12.5. The Bertz CT molecular complexity index is 1530. The third kappa shape index (κ3) is 6.12. The minimum atomic E-state index is -3.84. The fourth-order valence-electron chi connectivity index (χ4n) is 4.29. The van der Waals surface area contributed by atoms with E-state index in [0.717, 1.165) is 22.0 Å². The number of methoxy groups -OCH3 is 2. The van der Waals surface area contributed by atoms with Crippen molar-refractivity contribution >= 4 is 32.5 Å². The number of rotatable bonds is 9. The number of para-hydroxylation sites is 1. The molecule has 0 aliphatic rings. The van der Waals surface area contributed by atoms with Gasteiger partial charge in [-0.25, -0.2) is 13.4 Å². The van der Waals surface area contributed by atoms with E-state index in [1.54, 1.807) is 26.4 Å². The molecule has 0 bridgehead atoms. The van der Waals surface area contributed by atoms with Gasteiger partial charge in [-0.3, -0.25) is 0 Å². The van der Waals surface area contributed by atoms with Gasteiger partial charge in [0.05, 0.1) is 24.6 Å². The average molecular weight is 553 g/mol. The topological polar surface area (TPSA) is 68.7 Å². The summed E-state index contributed by atoms with van der Waals surface area (Å²) < 4.78 is 40.1. The Morgan fingerprint density at radius 1 is 0.895 bits per heavy atom. The molecule has 4 aromatic rings. The molecule has 1 aromatic heterocycles. The van der Waals surface area contributed by atoms with E-state index in [4.69, 9.17) is 21.1 Å². The van der Waals surface area contributed by atoms with Gasteiger partial charge in [0.15, 0.2) is 11.5 Å². The van der Waals surface area contributed by atoms with Crippen LogP contribution in [0.3, 0.4) is 0 Å². The highest BCUT2D eigenvalue weighted by molar-refractivity contribution is 7.89. The molecule has 8 heteroatoms. The van der Waals surface area contributed by atoms with Gasteiger partial charge in [-0.1, -0.05) is 68.8 Å². The molecule has 0 aliphatic heterocycles. The monoisotopic (exact) mass is 552 g/mol. The summed E-state index contributed by atoms with van der Waals surface area (Å²) in [5.74, 6) is 1.22. The van der Waals surface area contributed by atoms with Gasteiger partial charge in [-0.05, 0) is 59.4 Å². The predicted octanol–water partition coefficient (Wildman–Crippen LogP) is 6.64. The van der Waals surface area contributed by atoms with Crippen molar-refractivity contribution in [1.82, 2.24) is 9.29 Å². The zero-order valence-electron chi connectivity index (χ0n) is 22.4. The van der Waals surface area contributed by atoms with Crippen molar-refractivity contribution in [2.24, 2.45) is 0 Å². The Morgan fingerprint density at radius 2 is 1.58 bits per heavy atom. The first-order valence-electron chi connectivity index (χ1n) is 12.4. The maximum Gasteiger partial charge on any atom is 0.243 e. The van der Waals surface area contributed by atoms with Crippen LogP contribution in [-0.4, -0.2) is 38.5 Å². The van der Waals surface area contributed by atoms with E-state index >= 15 is 0 Å². The maximum absolute atomic E-state index is 13.9. The minimum Gasteiger partial charge on any atom is -0.493 e. The molecule has 1 heterocycles. The molecule has 0 radical (unpaired) electrons. The van der Waals surface area contributed by atoms with Crippen molar-refractivity contribution in [3.05, 3.63) is 94.6 Å². The van der Waals surface area contributed by atoms with Crippen LogP contribution >= 0.6 is 11.6 Å². The molecule has 0 atom stereocenters. The normalized spacial score (nSPS) is 12.2. The van der Waals surface area contributed by atoms with Crippen LogP contribution in [0.4, 0.5) is 0 Å². The molecule has 0 N–H and O–H groups in total. The van der Waals surface area contributed by atoms with Gasteiger partial charge >= 0.3 is 0 Å². The second kappa shape index (κ2) is 11.3. The minimum absolute atomic E-state index is 0.0836. The first-order valence-corrected chi connectivity index (χ1v) is 14.2. The average Bonchev–Trinajstić information content (AvgIpc) is 2.90. The molecule has 4 rings (SSSR count). The van der Waals surface area contributed by atoms with Crippen LogP contribution in [-0.2, 0) is 28.4 Å². The van der Waals surface area contributed by atoms with Crippen LogP contribution in [0.2, 0.25) is 5.15 Å². The van der Waals surface area contributed by atoms with Crippen molar-refractivity contribution in [2.75, 3.05) is 20.8 Å². The zero-order chi connectivity index (χ0) is 27.5. The van der Waals surface area contributed by atoms with E-state index in [9.17, 15) is 8.42 Å². The quantitative estimate of drug-likeness (QED) is 0.218. The highest BCUT2D eigenvalue weighted by Gasteiger charge is 2.27. The van der Waals surface area contributed by atoms with E-state index < -0.39 is 10.0 Å². The third-order valence-electron chi connectivity index (χ3n) is 6.55. The fourth-order valence-corrected chi connectivity index (χ4v) is 5.91. The number of halogens is 1. The van der Waals surface area contributed by atoms with E-state index in [2.05, 4.69) is 25.8 Å². The van der Waals surface area contributed by atoms with Crippen molar-refractivity contribution < 1.29 is 17.9 Å². The van der Waals surface area contributed by atoms with Crippen molar-refractivity contribution in [1.29, 1.82) is 0 Å². The number of pyridine rings is 1. The largest absolute Gasteiger partial charge is 0.493 e. The summed E-state index contributed by atoms with van der Waals surface area (Å²) in [5.41, 5.74) is 3.31. The number of aromatic nitrogens is 1. The summed E-state index contributed by atoms with van der Waals surface area (Å²) in [7, 11) is -0.680. The van der Waals surface area contributed by atoms with Gasteiger partial charge < -0.3 is 9.47 Å². The Balaban J connectivity index is 1.69. The lowest BCUT2D eigenvalue weighted by Crippen LogP contribution is -2.33. The number of fused-ring (bicyclic) bond motifs is 1. The van der Waals surface area contributed by atoms with Crippen LogP contribution in [0.5, 0.6) is 11.5 Å². The highest BCUT2D eigenvalue weighted by Crippen LogP contribution is 2.30. The van der Waals surface area contributed by atoms with Gasteiger partial charge in [0, 0.05) is 24.0 Å². The van der Waals surface area contributed by atoms with Gasteiger partial charge in [0.1, 0.15) is 5.15 Å². The molecule has 38 heavy (non-hydrogen) atoms. The highest BCUT2D eigenvalue weighted by atomic mass is 35.5. The SMILES string of the molecule is COc1ccc(CCN(Cc2cc3ccccc3nc2Cl)S(=O)(=O)c2ccc(C(C)(C)C)cc2)cc1OC. The fraction of sp³-hybridized carbons (Fsp3) is 0.300. The lowest BCUT2D eigenvalue weighted by atomic mass is 9.87. The number of benzene rings is 3. The van der Waals surface area contributed by atoms with Crippen LogP contribution in [0.1, 0.15) is 37.5 Å². The van der Waals surface area contributed by atoms with Gasteiger partial charge in [0.25, 0.3) is 0 Å². The molecule has 0 amide bonds. The Kier molecular flexibility index (Phi) is 8.31. The number of hydrogen-bond donors (Lipinski definition) is 0. The van der Waals surface area contributed by atoms with Gasteiger partial charge in [0.2, 0.25) is 10.0 Å². The van der Waals surface area contributed by atoms with Crippen molar-refractivity contribution in [3.8, 4) is 11.5 Å². The molecule has 6 nitrogen and oxygen atoms in total. The molecule has 3 aromatic carbocycles. The second-order valence-electron chi connectivity index (χ2n) is 10.2. The molecular weight excluding hydrogens is 520 g/mol. The first kappa shape index (κ1) is 27.9. The molecule has 0 spiro atoms. The van der Waals surface area contributed by atoms with Gasteiger partial charge in [-0.15, -0.1) is 0 Å². The van der Waals surface area contributed by atoms with Crippen LogP contribution in [0, 0.1) is 0 Å². The summed E-state index contributed by atoms with van der Waals surface area (Å²) in [4.78, 5) is 4.73. The molecule has 0 aliphatic carbocycles. The number of nitrogens with zero attached hydrogens (tertiary/aromatic N) is 2. The molecule has 0 saturated heterocycles. The first-order chi connectivity index (χ1) is 18.0. The van der Waals surface area contributed by atoms with Crippen molar-refractivity contribution in [2.45, 2.75) is 44.0 Å². The smallest absolute Gasteiger partial charge is 0.243 e. The molecule has 0 fully saturated rings. The van der Waals surface area contributed by atoms with E-state index in [0.29, 0.717) is 23.5 Å². The number of hydrogen-bond acceptors (Lipinski definition) is 5. The molecule has 0 saturated carbocycles. The Labute approximate surface area is 230 Å². The summed E-state index contributed by atoms with van der Waals surface area (Å²) in [5, 5.41) is 1.19. The molecular formula is C30H33ClN2O4S. The lowest BCUT2D eigenvalue weighted by molar-refractivity contribution is 0.354. The Hall–Kier alpha value is -3.13. The van der Waals surface area contributed by atoms with E-state index in [-0.39, 0.29) is 28.6 Å². The van der Waals surface area contributed by atoms with E-state index in [1.807, 2.05) is 60.7 Å². The zero-order valence-corrected chi connectivity index (χ0v) is 23.9. The van der Waals surface area contributed by atoms with Crippen LogP contribution < -0.4 is 9.47 Å². The maximum atomic E-state index is 13.9. The number of sulfonamides is 1. The third-order valence-corrected chi connectivity index (χ3v) is 8.74. The Morgan fingerprint density at radius 3 is 2.24 bits per heavy atom. The number of ether oxygens (including phenoxy) is 2. The standard InChI is InChI=1S/C30H33ClN2O4S/c1-30(2,3)24-11-13-25(14-12-24)38(34,35)33(17-16-21-10-15-27(36-4)28(18-21)37-5)20-23-19-22-8-6-7-9-26(22)32-29(23)31/h6-15,18-19H,16-17,20H2,1-5H3. The molecule has 0 unspecified atom stereocenters. The van der Waals surface area contributed by atoms with E-state index in [1.165, 1.54) is 4.31 Å².